The lowest BCUT2D eigenvalue weighted by molar-refractivity contribution is -0.119. The van der Waals surface area contributed by atoms with Gasteiger partial charge in [0.15, 0.2) is 0 Å². The molecule has 1 aromatic carbocycles. The SMILES string of the molecule is CCCOC1CCN(CCCN2C(=O)CCc3cccc(F)c32)CC1. The highest BCUT2D eigenvalue weighted by Gasteiger charge is 2.27. The number of hydrogen-bond acceptors (Lipinski definition) is 3. The topological polar surface area (TPSA) is 32.8 Å². The number of anilines is 1. The summed E-state index contributed by atoms with van der Waals surface area (Å²) in [5, 5.41) is 0. The lowest BCUT2D eigenvalue weighted by atomic mass is 10.0. The van der Waals surface area contributed by atoms with E-state index in [4.69, 9.17) is 4.74 Å². The van der Waals surface area contributed by atoms with E-state index < -0.39 is 0 Å². The number of amides is 1. The van der Waals surface area contributed by atoms with Crippen LogP contribution in [0.3, 0.4) is 0 Å². The van der Waals surface area contributed by atoms with Crippen LogP contribution >= 0.6 is 0 Å². The number of aryl methyl sites for hydroxylation is 1. The number of likely N-dealkylation sites (tertiary alicyclic amines) is 1. The molecule has 2 aliphatic rings. The third kappa shape index (κ3) is 4.59. The van der Waals surface area contributed by atoms with E-state index in [1.807, 2.05) is 6.07 Å². The maximum absolute atomic E-state index is 14.2. The first-order valence-corrected chi connectivity index (χ1v) is 9.60. The van der Waals surface area contributed by atoms with Crippen molar-refractivity contribution in [2.75, 3.05) is 37.7 Å². The van der Waals surface area contributed by atoms with Gasteiger partial charge in [0.1, 0.15) is 5.82 Å². The Hall–Kier alpha value is -1.46. The highest BCUT2D eigenvalue weighted by atomic mass is 19.1. The summed E-state index contributed by atoms with van der Waals surface area (Å²) in [6, 6.07) is 5.11. The largest absolute Gasteiger partial charge is 0.378 e. The summed E-state index contributed by atoms with van der Waals surface area (Å²) in [4.78, 5) is 16.4. The first-order chi connectivity index (χ1) is 12.2. The van der Waals surface area contributed by atoms with Crippen LogP contribution in [0.1, 0.15) is 44.6 Å². The number of halogens is 1. The van der Waals surface area contributed by atoms with Crippen LogP contribution in [0.4, 0.5) is 10.1 Å². The van der Waals surface area contributed by atoms with Crippen molar-refractivity contribution in [1.29, 1.82) is 0 Å². The van der Waals surface area contributed by atoms with E-state index in [1.54, 1.807) is 11.0 Å². The summed E-state index contributed by atoms with van der Waals surface area (Å²) in [7, 11) is 0. The fourth-order valence-corrected chi connectivity index (χ4v) is 3.84. The monoisotopic (exact) mass is 348 g/mol. The van der Waals surface area contributed by atoms with Crippen LogP contribution < -0.4 is 4.90 Å². The molecule has 4 nitrogen and oxygen atoms in total. The van der Waals surface area contributed by atoms with Crippen molar-refractivity contribution >= 4 is 11.6 Å². The molecule has 1 fully saturated rings. The number of carbonyl (C=O) groups excluding carboxylic acids is 1. The Bertz CT molecular complexity index is 585. The minimum Gasteiger partial charge on any atom is -0.378 e. The number of para-hydroxylation sites is 1. The molecule has 3 rings (SSSR count). The summed E-state index contributed by atoms with van der Waals surface area (Å²) in [6.45, 7) is 6.64. The lowest BCUT2D eigenvalue weighted by Gasteiger charge is -2.33. The molecule has 0 saturated carbocycles. The summed E-state index contributed by atoms with van der Waals surface area (Å²) in [5.74, 6) is -0.233. The highest BCUT2D eigenvalue weighted by molar-refractivity contribution is 5.96. The van der Waals surface area contributed by atoms with E-state index in [0.717, 1.165) is 57.5 Å². The van der Waals surface area contributed by atoms with Gasteiger partial charge in [-0.3, -0.25) is 4.79 Å². The molecule has 0 unspecified atom stereocenters. The number of nitrogens with zero attached hydrogens (tertiary/aromatic N) is 2. The second kappa shape index (κ2) is 8.77. The number of ether oxygens (including phenoxy) is 1. The van der Waals surface area contributed by atoms with E-state index >= 15 is 0 Å². The maximum atomic E-state index is 14.2. The zero-order chi connectivity index (χ0) is 17.6. The van der Waals surface area contributed by atoms with E-state index in [1.165, 1.54) is 6.07 Å². The molecule has 25 heavy (non-hydrogen) atoms. The predicted octanol–water partition coefficient (Wildman–Crippen LogP) is 3.39. The highest BCUT2D eigenvalue weighted by Crippen LogP contribution is 2.30. The van der Waals surface area contributed by atoms with Crippen LogP contribution in [-0.2, 0) is 16.0 Å². The molecule has 2 aliphatic heterocycles. The van der Waals surface area contributed by atoms with Crippen LogP contribution in [0.15, 0.2) is 18.2 Å². The molecule has 5 heteroatoms. The molecule has 138 valence electrons. The Balaban J connectivity index is 1.48. The molecule has 1 amide bonds. The molecule has 0 aliphatic carbocycles. The van der Waals surface area contributed by atoms with Crippen LogP contribution in [0.5, 0.6) is 0 Å². The van der Waals surface area contributed by atoms with E-state index in [2.05, 4.69) is 11.8 Å². The predicted molar refractivity (Wildman–Crippen MR) is 97.4 cm³/mol. The molecule has 0 bridgehead atoms. The quantitative estimate of drug-likeness (QED) is 0.757. The smallest absolute Gasteiger partial charge is 0.227 e. The molecule has 0 atom stereocenters. The van der Waals surface area contributed by atoms with Crippen LogP contribution in [-0.4, -0.2) is 49.7 Å². The third-order valence-electron chi connectivity index (χ3n) is 5.20. The van der Waals surface area contributed by atoms with Gasteiger partial charge in [-0.2, -0.15) is 0 Å². The van der Waals surface area contributed by atoms with Crippen LogP contribution in [0, 0.1) is 5.82 Å². The molecule has 2 heterocycles. The van der Waals surface area contributed by atoms with Crippen molar-refractivity contribution in [2.45, 2.75) is 51.6 Å². The van der Waals surface area contributed by atoms with Crippen molar-refractivity contribution in [3.63, 3.8) is 0 Å². The number of hydrogen-bond donors (Lipinski definition) is 0. The minimum atomic E-state index is -0.278. The average Bonchev–Trinajstić information content (AvgIpc) is 2.63. The summed E-state index contributed by atoms with van der Waals surface area (Å²) in [6.07, 6.45) is 5.65. The zero-order valence-electron chi connectivity index (χ0n) is 15.2. The molecule has 1 saturated heterocycles. The van der Waals surface area contributed by atoms with Crippen LogP contribution in [0.2, 0.25) is 0 Å². The molecular formula is C20H29FN2O2. The number of rotatable bonds is 7. The zero-order valence-corrected chi connectivity index (χ0v) is 15.2. The van der Waals surface area contributed by atoms with E-state index in [-0.39, 0.29) is 11.7 Å². The molecule has 0 aromatic heterocycles. The fourth-order valence-electron chi connectivity index (χ4n) is 3.84. The van der Waals surface area contributed by atoms with Crippen LogP contribution in [0.25, 0.3) is 0 Å². The van der Waals surface area contributed by atoms with Crippen molar-refractivity contribution in [3.05, 3.63) is 29.6 Å². The Morgan fingerprint density at radius 2 is 2.00 bits per heavy atom. The van der Waals surface area contributed by atoms with Crippen molar-refractivity contribution in [3.8, 4) is 0 Å². The molecule has 1 aromatic rings. The van der Waals surface area contributed by atoms with Crippen molar-refractivity contribution < 1.29 is 13.9 Å². The lowest BCUT2D eigenvalue weighted by Crippen LogP contribution is -2.40. The van der Waals surface area contributed by atoms with Gasteiger partial charge in [0.2, 0.25) is 5.91 Å². The number of piperidine rings is 1. The van der Waals surface area contributed by atoms with Gasteiger partial charge in [-0.25, -0.2) is 4.39 Å². The van der Waals surface area contributed by atoms with Crippen molar-refractivity contribution in [2.24, 2.45) is 0 Å². The standard InChI is InChI=1S/C20H29FN2O2/c1-2-15-25-17-9-13-22(14-10-17)11-4-12-23-19(24)8-7-16-5-3-6-18(21)20(16)23/h3,5-6,17H,2,4,7-15H2,1H3. The first kappa shape index (κ1) is 18.3. The fraction of sp³-hybridized carbons (Fsp3) is 0.650. The minimum absolute atomic E-state index is 0.0456. The molecule has 0 spiro atoms. The van der Waals surface area contributed by atoms with Gasteiger partial charge in [0.05, 0.1) is 11.8 Å². The van der Waals surface area contributed by atoms with Gasteiger partial charge in [-0.05, 0) is 50.3 Å². The molecule has 0 N–H and O–H groups in total. The Kier molecular flexibility index (Phi) is 6.43. The Labute approximate surface area is 149 Å². The molecule has 0 radical (unpaired) electrons. The number of carbonyl (C=O) groups is 1. The maximum Gasteiger partial charge on any atom is 0.227 e. The molecular weight excluding hydrogens is 319 g/mol. The summed E-state index contributed by atoms with van der Waals surface area (Å²) < 4.78 is 20.0. The van der Waals surface area contributed by atoms with E-state index in [0.29, 0.717) is 31.2 Å². The van der Waals surface area contributed by atoms with Gasteiger partial charge in [0, 0.05) is 32.7 Å². The van der Waals surface area contributed by atoms with Gasteiger partial charge in [-0.1, -0.05) is 19.1 Å². The second-order valence-electron chi connectivity index (χ2n) is 7.06. The summed E-state index contributed by atoms with van der Waals surface area (Å²) >= 11 is 0. The van der Waals surface area contributed by atoms with Crippen molar-refractivity contribution in [1.82, 2.24) is 4.90 Å². The van der Waals surface area contributed by atoms with Gasteiger partial charge >= 0.3 is 0 Å². The summed E-state index contributed by atoms with van der Waals surface area (Å²) in [5.41, 5.74) is 1.46. The van der Waals surface area contributed by atoms with Gasteiger partial charge in [-0.15, -0.1) is 0 Å². The van der Waals surface area contributed by atoms with Gasteiger partial charge in [0.25, 0.3) is 0 Å². The normalized spacial score (nSPS) is 19.3. The Morgan fingerprint density at radius 1 is 1.20 bits per heavy atom. The number of fused-ring (bicyclic) bond motifs is 1. The first-order valence-electron chi connectivity index (χ1n) is 9.60. The Morgan fingerprint density at radius 3 is 2.76 bits per heavy atom. The second-order valence-corrected chi connectivity index (χ2v) is 7.06. The number of benzene rings is 1. The third-order valence-corrected chi connectivity index (χ3v) is 5.20. The average molecular weight is 348 g/mol. The van der Waals surface area contributed by atoms with Gasteiger partial charge < -0.3 is 14.5 Å². The van der Waals surface area contributed by atoms with E-state index in [9.17, 15) is 9.18 Å².